The molecule has 0 bridgehead atoms. The molecule has 0 N–H and O–H groups in total. The van der Waals surface area contributed by atoms with Crippen molar-refractivity contribution in [1.82, 2.24) is 0 Å². The van der Waals surface area contributed by atoms with E-state index in [1.807, 2.05) is 0 Å². The number of hydrogen-bond donors (Lipinski definition) is 0. The Labute approximate surface area is 113 Å². The van der Waals surface area contributed by atoms with Crippen LogP contribution in [0.4, 0.5) is 0 Å². The van der Waals surface area contributed by atoms with Crippen molar-refractivity contribution in [1.29, 1.82) is 0 Å². The van der Waals surface area contributed by atoms with Crippen molar-refractivity contribution < 1.29 is 34.2 Å². The Morgan fingerprint density at radius 2 is 0.882 bits per heavy atom. The van der Waals surface area contributed by atoms with E-state index in [-0.39, 0.29) is 30.1 Å². The van der Waals surface area contributed by atoms with Crippen LogP contribution in [0.5, 0.6) is 0 Å². The molecular formula is C12H10O3PRu. The topological polar surface area (TPSA) is 69.2 Å². The molecule has 0 aromatic heterocycles. The van der Waals surface area contributed by atoms with Crippen LogP contribution in [0.3, 0.4) is 0 Å². The van der Waals surface area contributed by atoms with Crippen LogP contribution in [-0.2, 0) is 19.5 Å². The second kappa shape index (κ2) is 4.93. The molecule has 0 atom stereocenters. The maximum absolute atomic E-state index is 12.1. The Bertz CT molecular complexity index is 436. The minimum Gasteiger partial charge on any atom is 3.00 e. The molecular weight excluding hydrogens is 324 g/mol. The fourth-order valence-electron chi connectivity index (χ4n) is 1.52. The van der Waals surface area contributed by atoms with Crippen molar-refractivity contribution in [2.24, 2.45) is 0 Å². The Hall–Kier alpha value is -0.627. The van der Waals surface area contributed by atoms with Crippen molar-refractivity contribution >= 4 is 17.9 Å². The van der Waals surface area contributed by atoms with E-state index in [0.29, 0.717) is 0 Å². The van der Waals surface area contributed by atoms with E-state index in [1.165, 1.54) is 48.5 Å². The summed E-state index contributed by atoms with van der Waals surface area (Å²) in [6.07, 6.45) is 0. The number of hydrogen-bond acceptors (Lipinski definition) is 3. The van der Waals surface area contributed by atoms with Gasteiger partial charge in [0.25, 0.3) is 0 Å². The summed E-state index contributed by atoms with van der Waals surface area (Å²) in [6, 6.07) is 14.7. The van der Waals surface area contributed by atoms with Crippen molar-refractivity contribution in [3.63, 3.8) is 0 Å². The maximum atomic E-state index is 12.1. The van der Waals surface area contributed by atoms with Gasteiger partial charge in [0.05, 0.1) is 0 Å². The minimum atomic E-state index is -5.68. The Morgan fingerprint density at radius 1 is 0.588 bits per heavy atom. The van der Waals surface area contributed by atoms with Crippen LogP contribution in [0.2, 0.25) is 0 Å². The third-order valence-corrected chi connectivity index (χ3v) is 4.78. The predicted molar refractivity (Wildman–Crippen MR) is 59.1 cm³/mol. The Morgan fingerprint density at radius 3 is 1.18 bits per heavy atom. The molecule has 17 heavy (non-hydrogen) atoms. The van der Waals surface area contributed by atoms with Gasteiger partial charge in [0.1, 0.15) is 0 Å². The normalized spacial score (nSPS) is 13.2. The molecule has 0 aliphatic carbocycles. The van der Waals surface area contributed by atoms with Crippen LogP contribution in [0.15, 0.2) is 60.7 Å². The summed E-state index contributed by atoms with van der Waals surface area (Å²) in [6.45, 7) is 0. The van der Waals surface area contributed by atoms with E-state index >= 15 is 0 Å². The SMILES string of the molecule is [O-]P([O-])([O-])(c1ccccc1)c1ccccc1.[Ru+3]. The smallest absolute Gasteiger partial charge is 3.00 e. The van der Waals surface area contributed by atoms with E-state index in [9.17, 15) is 14.7 Å². The molecule has 0 saturated carbocycles. The molecule has 0 saturated heterocycles. The molecule has 0 aliphatic rings. The van der Waals surface area contributed by atoms with Gasteiger partial charge in [-0.2, -0.15) is 0 Å². The third kappa shape index (κ3) is 2.79. The van der Waals surface area contributed by atoms with Crippen molar-refractivity contribution in [3.05, 3.63) is 60.7 Å². The zero-order valence-corrected chi connectivity index (χ0v) is 11.4. The monoisotopic (exact) mass is 335 g/mol. The molecule has 3 nitrogen and oxygen atoms in total. The molecule has 0 heterocycles. The van der Waals surface area contributed by atoms with Crippen LogP contribution in [0, 0.1) is 0 Å². The van der Waals surface area contributed by atoms with Crippen molar-refractivity contribution in [3.8, 4) is 0 Å². The molecule has 2 aromatic carbocycles. The summed E-state index contributed by atoms with van der Waals surface area (Å²) in [7, 11) is -5.68. The second-order valence-corrected chi connectivity index (χ2v) is 6.35. The van der Waals surface area contributed by atoms with Gasteiger partial charge in [0.15, 0.2) is 0 Å². The van der Waals surface area contributed by atoms with Gasteiger partial charge >= 0.3 is 113 Å². The van der Waals surface area contributed by atoms with Gasteiger partial charge in [-0.05, 0) is 0 Å². The van der Waals surface area contributed by atoms with Crippen LogP contribution < -0.4 is 25.3 Å². The van der Waals surface area contributed by atoms with Gasteiger partial charge < -0.3 is 0 Å². The largest absolute Gasteiger partial charge is 3.00 e. The maximum Gasteiger partial charge on any atom is 3.00 e. The summed E-state index contributed by atoms with van der Waals surface area (Å²) in [4.78, 5) is 36.3. The van der Waals surface area contributed by atoms with Gasteiger partial charge in [0, 0.05) is 0 Å². The van der Waals surface area contributed by atoms with Gasteiger partial charge in [-0.25, -0.2) is 0 Å². The Kier molecular flexibility index (Phi) is 4.19. The fraction of sp³-hybridized carbons (Fsp3) is 0. The molecule has 1 radical (unpaired) electrons. The summed E-state index contributed by atoms with van der Waals surface area (Å²) in [5.74, 6) is 0. The average Bonchev–Trinajstić information content (AvgIpc) is 2.31. The number of rotatable bonds is 2. The summed E-state index contributed by atoms with van der Waals surface area (Å²) in [5.41, 5.74) is 0. The first-order chi connectivity index (χ1) is 7.49. The number of benzene rings is 2. The first kappa shape index (κ1) is 14.4. The molecule has 2 rings (SSSR count). The molecule has 0 unspecified atom stereocenters. The van der Waals surface area contributed by atoms with Crippen LogP contribution in [0.25, 0.3) is 0 Å². The fourth-order valence-corrected chi connectivity index (χ4v) is 3.19. The summed E-state index contributed by atoms with van der Waals surface area (Å²) in [5, 5.41) is -0.389. The van der Waals surface area contributed by atoms with Crippen LogP contribution in [0.1, 0.15) is 0 Å². The van der Waals surface area contributed by atoms with E-state index in [4.69, 9.17) is 0 Å². The molecule has 5 heteroatoms. The summed E-state index contributed by atoms with van der Waals surface area (Å²) < 4.78 is 0. The minimum absolute atomic E-state index is 0. The first-order valence-electron chi connectivity index (χ1n) is 4.82. The van der Waals surface area contributed by atoms with Gasteiger partial charge in [-0.15, -0.1) is 0 Å². The second-order valence-electron chi connectivity index (χ2n) is 3.55. The summed E-state index contributed by atoms with van der Waals surface area (Å²) >= 11 is 0. The van der Waals surface area contributed by atoms with Crippen LogP contribution >= 0.6 is 7.28 Å². The predicted octanol–water partition coefficient (Wildman–Crippen LogP) is -0.986. The van der Waals surface area contributed by atoms with Gasteiger partial charge in [-0.1, -0.05) is 0 Å². The average molecular weight is 334 g/mol. The van der Waals surface area contributed by atoms with E-state index in [1.54, 1.807) is 12.1 Å². The standard InChI is InChI=1S/C12H10O3P.Ru/c13-16(14,15,11-7-3-1-4-8-11)12-9-5-2-6-10-12;/h1-10H;/q-3;+3. The molecule has 0 fully saturated rings. The van der Waals surface area contributed by atoms with Gasteiger partial charge in [-0.3, -0.25) is 0 Å². The van der Waals surface area contributed by atoms with Gasteiger partial charge in [0.2, 0.25) is 0 Å². The third-order valence-electron chi connectivity index (χ3n) is 2.40. The zero-order chi connectivity index (χ0) is 11.7. The van der Waals surface area contributed by atoms with E-state index in [0.717, 1.165) is 0 Å². The van der Waals surface area contributed by atoms with Crippen molar-refractivity contribution in [2.75, 3.05) is 0 Å². The quantitative estimate of drug-likeness (QED) is 0.523. The van der Waals surface area contributed by atoms with E-state index in [2.05, 4.69) is 0 Å². The molecule has 2 aromatic rings. The van der Waals surface area contributed by atoms with Crippen molar-refractivity contribution in [2.45, 2.75) is 0 Å². The van der Waals surface area contributed by atoms with Crippen LogP contribution in [-0.4, -0.2) is 0 Å². The zero-order valence-electron chi connectivity index (χ0n) is 8.80. The van der Waals surface area contributed by atoms with E-state index < -0.39 is 7.28 Å². The molecule has 0 aliphatic heterocycles. The molecule has 0 spiro atoms. The first-order valence-corrected chi connectivity index (χ1v) is 6.81. The Balaban J connectivity index is 0.00000144. The molecule has 89 valence electrons. The molecule has 0 amide bonds.